The molecule has 34 heavy (non-hydrogen) atoms. The number of rotatable bonds is 4. The third-order valence-electron chi connectivity index (χ3n) is 6.44. The van der Waals surface area contributed by atoms with Gasteiger partial charge in [0.25, 0.3) is 0 Å². The molecule has 1 fully saturated rings. The largest absolute Gasteiger partial charge is 0.351 e. The van der Waals surface area contributed by atoms with Gasteiger partial charge >= 0.3 is 0 Å². The molecule has 0 bridgehead atoms. The molecule has 2 aromatic carbocycles. The van der Waals surface area contributed by atoms with Crippen LogP contribution in [0.15, 0.2) is 77.4 Å². The van der Waals surface area contributed by atoms with Crippen molar-refractivity contribution in [3.8, 4) is 5.69 Å². The van der Waals surface area contributed by atoms with Crippen LogP contribution in [0, 0.1) is 27.7 Å². The molecule has 1 saturated heterocycles. The Morgan fingerprint density at radius 2 is 1.65 bits per heavy atom. The second-order valence-corrected chi connectivity index (χ2v) is 10.3. The van der Waals surface area contributed by atoms with E-state index in [0.717, 1.165) is 26.7 Å². The number of anilines is 1. The lowest BCUT2D eigenvalue weighted by atomic mass is 9.96. The maximum Gasteiger partial charge on any atom is 0.174 e. The monoisotopic (exact) mass is 530 g/mol. The number of aromatic nitrogens is 2. The van der Waals surface area contributed by atoms with Gasteiger partial charge in [0.15, 0.2) is 5.11 Å². The summed E-state index contributed by atoms with van der Waals surface area (Å²) in [4.78, 5) is 6.97. The molecule has 172 valence electrons. The molecule has 6 heteroatoms. The Kier molecular flexibility index (Phi) is 6.04. The van der Waals surface area contributed by atoms with Gasteiger partial charge in [0.2, 0.25) is 0 Å². The summed E-state index contributed by atoms with van der Waals surface area (Å²) >= 11 is 9.56. The zero-order valence-electron chi connectivity index (χ0n) is 19.7. The Hall–Kier alpha value is -2.96. The first-order valence-corrected chi connectivity index (χ1v) is 12.6. The van der Waals surface area contributed by atoms with Crippen molar-refractivity contribution in [1.82, 2.24) is 14.9 Å². The second kappa shape index (κ2) is 9.01. The van der Waals surface area contributed by atoms with Gasteiger partial charge in [0.1, 0.15) is 0 Å². The van der Waals surface area contributed by atoms with Crippen LogP contribution in [0.3, 0.4) is 0 Å². The predicted octanol–water partition coefficient (Wildman–Crippen LogP) is 7.05. The highest BCUT2D eigenvalue weighted by Crippen LogP contribution is 2.44. The minimum absolute atomic E-state index is 0.0318. The molecule has 4 aromatic rings. The topological polar surface area (TPSA) is 33.1 Å². The molecule has 0 saturated carbocycles. The first-order chi connectivity index (χ1) is 16.3. The molecule has 5 rings (SSSR count). The number of benzene rings is 2. The van der Waals surface area contributed by atoms with Gasteiger partial charge in [-0.05, 0) is 105 Å². The molecule has 0 unspecified atom stereocenters. The zero-order valence-corrected chi connectivity index (χ0v) is 22.1. The lowest BCUT2D eigenvalue weighted by Crippen LogP contribution is -2.29. The van der Waals surface area contributed by atoms with E-state index in [1.54, 1.807) is 0 Å². The molecule has 0 radical (unpaired) electrons. The van der Waals surface area contributed by atoms with E-state index in [0.29, 0.717) is 0 Å². The number of nitrogens with one attached hydrogen (secondary N) is 1. The van der Waals surface area contributed by atoms with Gasteiger partial charge in [-0.1, -0.05) is 34.1 Å². The zero-order chi connectivity index (χ0) is 24.0. The van der Waals surface area contributed by atoms with Crippen LogP contribution in [0.5, 0.6) is 0 Å². The molecule has 2 atom stereocenters. The fourth-order valence-corrected chi connectivity index (χ4v) is 5.87. The molecular weight excluding hydrogens is 504 g/mol. The van der Waals surface area contributed by atoms with Crippen LogP contribution < -0.4 is 10.2 Å². The second-order valence-electron chi connectivity index (χ2n) is 8.98. The summed E-state index contributed by atoms with van der Waals surface area (Å²) in [7, 11) is 0. The van der Waals surface area contributed by atoms with E-state index in [2.05, 4.69) is 113 Å². The molecule has 1 aliphatic rings. The van der Waals surface area contributed by atoms with Gasteiger partial charge in [-0.3, -0.25) is 4.98 Å². The lowest BCUT2D eigenvalue weighted by Gasteiger charge is -2.29. The summed E-state index contributed by atoms with van der Waals surface area (Å²) in [6.45, 7) is 8.62. The average Bonchev–Trinajstić information content (AvgIpc) is 3.29. The summed E-state index contributed by atoms with van der Waals surface area (Å²) < 4.78 is 3.38. The molecule has 0 amide bonds. The first-order valence-electron chi connectivity index (χ1n) is 11.4. The van der Waals surface area contributed by atoms with Gasteiger partial charge in [-0.15, -0.1) is 0 Å². The van der Waals surface area contributed by atoms with E-state index in [1.807, 2.05) is 18.3 Å². The minimum atomic E-state index is -0.0639. The number of hydrogen-bond donors (Lipinski definition) is 1. The van der Waals surface area contributed by atoms with E-state index in [4.69, 9.17) is 17.2 Å². The number of aryl methyl sites for hydroxylation is 3. The summed E-state index contributed by atoms with van der Waals surface area (Å²) in [6, 6.07) is 23.3. The summed E-state index contributed by atoms with van der Waals surface area (Å²) in [5.74, 6) is 0. The Balaban J connectivity index is 1.70. The predicted molar refractivity (Wildman–Crippen MR) is 147 cm³/mol. The Labute approximate surface area is 214 Å². The van der Waals surface area contributed by atoms with Crippen LogP contribution in [0.4, 0.5) is 5.69 Å². The Bertz CT molecular complexity index is 1360. The van der Waals surface area contributed by atoms with Gasteiger partial charge in [-0.25, -0.2) is 0 Å². The standard InChI is InChI=1S/C28H27BrN4S/c1-17-12-18(2)14-23(13-17)33-27(26(31-28(33)34)25-10-5-6-11-30-25)24-15-19(3)32(20(24)4)22-9-7-8-21(29)16-22/h5-16,26-27H,1-4H3,(H,31,34)/t26-,27+/m0/s1. The minimum Gasteiger partial charge on any atom is -0.351 e. The smallest absolute Gasteiger partial charge is 0.174 e. The number of pyridine rings is 1. The summed E-state index contributed by atoms with van der Waals surface area (Å²) in [6.07, 6.45) is 1.85. The third kappa shape index (κ3) is 4.05. The first kappa shape index (κ1) is 22.8. The van der Waals surface area contributed by atoms with Crippen molar-refractivity contribution < 1.29 is 0 Å². The van der Waals surface area contributed by atoms with Gasteiger partial charge < -0.3 is 14.8 Å². The number of nitrogens with zero attached hydrogens (tertiary/aromatic N) is 3. The fraction of sp³-hybridized carbons (Fsp3) is 0.214. The number of halogens is 1. The van der Waals surface area contributed by atoms with Crippen molar-refractivity contribution in [2.45, 2.75) is 39.8 Å². The van der Waals surface area contributed by atoms with Crippen molar-refractivity contribution in [2.75, 3.05) is 4.90 Å². The summed E-state index contributed by atoms with van der Waals surface area (Å²) in [5.41, 5.74) is 9.27. The molecule has 1 aliphatic heterocycles. The van der Waals surface area contributed by atoms with Crippen molar-refractivity contribution in [3.63, 3.8) is 0 Å². The van der Waals surface area contributed by atoms with Crippen LogP contribution in [0.1, 0.15) is 45.9 Å². The maximum atomic E-state index is 5.93. The van der Waals surface area contributed by atoms with Crippen molar-refractivity contribution >= 4 is 38.9 Å². The maximum absolute atomic E-state index is 5.93. The number of hydrogen-bond acceptors (Lipinski definition) is 2. The number of thiocarbonyl (C=S) groups is 1. The van der Waals surface area contributed by atoms with Crippen LogP contribution in [-0.2, 0) is 0 Å². The quantitative estimate of drug-likeness (QED) is 0.286. The normalized spacial score (nSPS) is 17.8. The highest BCUT2D eigenvalue weighted by molar-refractivity contribution is 9.10. The molecule has 0 spiro atoms. The van der Waals surface area contributed by atoms with Crippen LogP contribution >= 0.6 is 28.1 Å². The van der Waals surface area contributed by atoms with E-state index < -0.39 is 0 Å². The molecule has 3 heterocycles. The molecule has 0 aliphatic carbocycles. The fourth-order valence-electron chi connectivity index (χ4n) is 5.14. The van der Waals surface area contributed by atoms with Gasteiger partial charge in [0.05, 0.1) is 17.8 Å². The molecule has 4 nitrogen and oxygen atoms in total. The van der Waals surface area contributed by atoms with Crippen molar-refractivity contribution in [1.29, 1.82) is 0 Å². The third-order valence-corrected chi connectivity index (χ3v) is 7.25. The van der Waals surface area contributed by atoms with E-state index in [1.165, 1.54) is 28.1 Å². The average molecular weight is 532 g/mol. The molecule has 2 aromatic heterocycles. The van der Waals surface area contributed by atoms with Crippen molar-refractivity contribution in [3.05, 3.63) is 111 Å². The highest BCUT2D eigenvalue weighted by Gasteiger charge is 2.42. The summed E-state index contributed by atoms with van der Waals surface area (Å²) in [5, 5.41) is 4.31. The van der Waals surface area contributed by atoms with E-state index in [9.17, 15) is 0 Å². The lowest BCUT2D eigenvalue weighted by molar-refractivity contribution is 0.565. The Morgan fingerprint density at radius 3 is 2.32 bits per heavy atom. The SMILES string of the molecule is Cc1cc(C)cc(N2C(=S)N[C@@H](c3ccccn3)[C@H]2c2cc(C)n(-c3cccc(Br)c3)c2C)c1. The van der Waals surface area contributed by atoms with Crippen LogP contribution in [0.2, 0.25) is 0 Å². The van der Waals surface area contributed by atoms with Crippen LogP contribution in [0.25, 0.3) is 5.69 Å². The Morgan fingerprint density at radius 1 is 0.882 bits per heavy atom. The van der Waals surface area contributed by atoms with Gasteiger partial charge in [-0.2, -0.15) is 0 Å². The molecular formula is C28H27BrN4S. The highest BCUT2D eigenvalue weighted by atomic mass is 79.9. The van der Waals surface area contributed by atoms with Gasteiger partial charge in [0, 0.05) is 33.4 Å². The van der Waals surface area contributed by atoms with E-state index in [-0.39, 0.29) is 12.1 Å². The van der Waals surface area contributed by atoms with E-state index >= 15 is 0 Å². The van der Waals surface area contributed by atoms with Crippen LogP contribution in [-0.4, -0.2) is 14.7 Å². The molecule has 1 N–H and O–H groups in total. The van der Waals surface area contributed by atoms with Crippen molar-refractivity contribution in [2.24, 2.45) is 0 Å².